The predicted octanol–water partition coefficient (Wildman–Crippen LogP) is 4.98. The van der Waals surface area contributed by atoms with Crippen LogP contribution in [0.25, 0.3) is 0 Å². The van der Waals surface area contributed by atoms with Crippen LogP contribution in [0.15, 0.2) is 60.7 Å². The third kappa shape index (κ3) is 5.61. The molecule has 2 rings (SSSR count). The molecule has 0 aromatic heterocycles. The third-order valence-corrected chi connectivity index (χ3v) is 10.4. The molecule has 1 nitrogen and oxygen atoms in total. The molecule has 0 amide bonds. The monoisotopic (exact) mass is 314 g/mol. The van der Waals surface area contributed by atoms with Gasteiger partial charge in [-0.1, -0.05) is 60.7 Å². The molecule has 21 heavy (non-hydrogen) atoms. The highest BCUT2D eigenvalue weighted by Crippen LogP contribution is 2.22. The fourth-order valence-corrected chi connectivity index (χ4v) is 12.0. The second kappa shape index (κ2) is 6.73. The van der Waals surface area contributed by atoms with Crippen LogP contribution in [0.4, 0.5) is 0 Å². The highest BCUT2D eigenvalue weighted by molar-refractivity contribution is 6.84. The van der Waals surface area contributed by atoms with Crippen molar-refractivity contribution >= 4 is 16.6 Å². The SMILES string of the molecule is C[Si](C)(Cc1ccccc1)O[Si](C)(C)Cc1ccccc1. The molecule has 2 aromatic carbocycles. The molecule has 0 heterocycles. The quantitative estimate of drug-likeness (QED) is 0.683. The molecule has 0 bridgehead atoms. The number of rotatable bonds is 6. The Labute approximate surface area is 131 Å². The summed E-state index contributed by atoms with van der Waals surface area (Å²) in [4.78, 5) is 0. The van der Waals surface area contributed by atoms with Crippen molar-refractivity contribution in [2.24, 2.45) is 0 Å². The lowest BCUT2D eigenvalue weighted by Gasteiger charge is -2.34. The van der Waals surface area contributed by atoms with Crippen LogP contribution in [-0.4, -0.2) is 16.6 Å². The summed E-state index contributed by atoms with van der Waals surface area (Å²) in [6.07, 6.45) is 0. The van der Waals surface area contributed by atoms with E-state index >= 15 is 0 Å². The fraction of sp³-hybridized carbons (Fsp3) is 0.333. The molecule has 0 spiro atoms. The Morgan fingerprint density at radius 2 is 0.952 bits per heavy atom. The number of benzene rings is 2. The van der Waals surface area contributed by atoms with E-state index in [2.05, 4.69) is 86.9 Å². The van der Waals surface area contributed by atoms with Gasteiger partial charge in [0.25, 0.3) is 0 Å². The molecule has 0 unspecified atom stereocenters. The summed E-state index contributed by atoms with van der Waals surface area (Å²) < 4.78 is 6.71. The van der Waals surface area contributed by atoms with Crippen molar-refractivity contribution in [3.8, 4) is 0 Å². The van der Waals surface area contributed by atoms with Crippen LogP contribution in [0.3, 0.4) is 0 Å². The molecule has 0 aliphatic carbocycles. The summed E-state index contributed by atoms with van der Waals surface area (Å²) in [6, 6.07) is 23.7. The maximum atomic E-state index is 6.71. The number of hydrogen-bond acceptors (Lipinski definition) is 1. The minimum absolute atomic E-state index is 1.10. The van der Waals surface area contributed by atoms with Crippen LogP contribution in [0.5, 0.6) is 0 Å². The maximum Gasteiger partial charge on any atom is 0.177 e. The van der Waals surface area contributed by atoms with Gasteiger partial charge in [0.2, 0.25) is 0 Å². The Morgan fingerprint density at radius 3 is 1.29 bits per heavy atom. The average molecular weight is 315 g/mol. The molecule has 2 aromatic rings. The molecule has 112 valence electrons. The van der Waals surface area contributed by atoms with Crippen LogP contribution in [0.2, 0.25) is 26.2 Å². The Kier molecular flexibility index (Phi) is 5.19. The van der Waals surface area contributed by atoms with Gasteiger partial charge in [0, 0.05) is 0 Å². The highest BCUT2D eigenvalue weighted by Gasteiger charge is 2.33. The van der Waals surface area contributed by atoms with Gasteiger partial charge >= 0.3 is 0 Å². The molecule has 0 fully saturated rings. The summed E-state index contributed by atoms with van der Waals surface area (Å²) in [7, 11) is -3.34. The van der Waals surface area contributed by atoms with Crippen molar-refractivity contribution in [1.82, 2.24) is 0 Å². The van der Waals surface area contributed by atoms with Crippen molar-refractivity contribution in [2.45, 2.75) is 38.3 Å². The van der Waals surface area contributed by atoms with E-state index in [1.54, 1.807) is 0 Å². The first-order valence-electron chi connectivity index (χ1n) is 7.64. The summed E-state index contributed by atoms with van der Waals surface area (Å²) in [5.41, 5.74) is 2.80. The van der Waals surface area contributed by atoms with Gasteiger partial charge in [-0.3, -0.25) is 0 Å². The van der Waals surface area contributed by atoms with Gasteiger partial charge in [-0.25, -0.2) is 0 Å². The van der Waals surface area contributed by atoms with Crippen molar-refractivity contribution in [3.05, 3.63) is 71.8 Å². The molecule has 0 saturated carbocycles. The standard InChI is InChI=1S/C18H26OSi2/c1-20(2,15-17-11-7-5-8-12-17)19-21(3,4)16-18-13-9-6-10-14-18/h5-14H,15-16H2,1-4H3. The highest BCUT2D eigenvalue weighted by atomic mass is 28.4. The summed E-state index contributed by atoms with van der Waals surface area (Å²) in [6.45, 7) is 9.39. The Morgan fingerprint density at radius 1 is 0.619 bits per heavy atom. The molecule has 0 aliphatic heterocycles. The van der Waals surface area contributed by atoms with Gasteiger partial charge in [-0.05, 0) is 49.4 Å². The third-order valence-electron chi connectivity index (χ3n) is 3.50. The lowest BCUT2D eigenvalue weighted by atomic mass is 10.2. The van der Waals surface area contributed by atoms with Crippen LogP contribution >= 0.6 is 0 Å². The molecule has 3 heteroatoms. The minimum Gasteiger partial charge on any atom is -0.455 e. The van der Waals surface area contributed by atoms with E-state index in [4.69, 9.17) is 4.12 Å². The van der Waals surface area contributed by atoms with E-state index in [1.165, 1.54) is 11.1 Å². The lowest BCUT2D eigenvalue weighted by molar-refractivity contribution is 0.537. The van der Waals surface area contributed by atoms with Gasteiger partial charge in [0.15, 0.2) is 16.6 Å². The van der Waals surface area contributed by atoms with Crippen LogP contribution in [-0.2, 0) is 16.2 Å². The van der Waals surface area contributed by atoms with Gasteiger partial charge < -0.3 is 4.12 Å². The average Bonchev–Trinajstić information content (AvgIpc) is 2.38. The first-order valence-corrected chi connectivity index (χ1v) is 13.9. The van der Waals surface area contributed by atoms with Crippen molar-refractivity contribution in [2.75, 3.05) is 0 Å². The second-order valence-corrected chi connectivity index (χ2v) is 15.5. The van der Waals surface area contributed by atoms with E-state index < -0.39 is 16.6 Å². The molecule has 0 saturated heterocycles. The van der Waals surface area contributed by atoms with E-state index in [1.807, 2.05) is 0 Å². The summed E-state index contributed by atoms with van der Waals surface area (Å²) in [5.74, 6) is 0. The number of hydrogen-bond donors (Lipinski definition) is 0. The van der Waals surface area contributed by atoms with Crippen molar-refractivity contribution in [1.29, 1.82) is 0 Å². The predicted molar refractivity (Wildman–Crippen MR) is 96.3 cm³/mol. The maximum absolute atomic E-state index is 6.71. The zero-order chi connectivity index (χ0) is 15.3. The minimum atomic E-state index is -1.67. The molecule has 0 atom stereocenters. The summed E-state index contributed by atoms with van der Waals surface area (Å²) >= 11 is 0. The van der Waals surface area contributed by atoms with Gasteiger partial charge in [-0.2, -0.15) is 0 Å². The van der Waals surface area contributed by atoms with E-state index in [0.29, 0.717) is 0 Å². The Bertz CT molecular complexity index is 498. The van der Waals surface area contributed by atoms with Gasteiger partial charge in [0.05, 0.1) is 0 Å². The zero-order valence-electron chi connectivity index (χ0n) is 13.6. The van der Waals surface area contributed by atoms with Crippen molar-refractivity contribution in [3.63, 3.8) is 0 Å². The van der Waals surface area contributed by atoms with E-state index in [9.17, 15) is 0 Å². The topological polar surface area (TPSA) is 9.23 Å². The van der Waals surface area contributed by atoms with Crippen LogP contribution < -0.4 is 0 Å². The fourth-order valence-electron chi connectivity index (χ4n) is 3.00. The summed E-state index contributed by atoms with van der Waals surface area (Å²) in [5, 5.41) is 0. The first-order chi connectivity index (χ1) is 9.86. The molecular formula is C18H26OSi2. The zero-order valence-corrected chi connectivity index (χ0v) is 15.6. The smallest absolute Gasteiger partial charge is 0.177 e. The molecule has 0 radical (unpaired) electrons. The normalized spacial score (nSPS) is 12.4. The van der Waals surface area contributed by atoms with E-state index in [-0.39, 0.29) is 0 Å². The van der Waals surface area contributed by atoms with Crippen molar-refractivity contribution < 1.29 is 4.12 Å². The van der Waals surface area contributed by atoms with Crippen LogP contribution in [0, 0.1) is 0 Å². The molecule has 0 aliphatic rings. The Balaban J connectivity index is 2.01. The molecular weight excluding hydrogens is 288 g/mol. The van der Waals surface area contributed by atoms with Crippen LogP contribution in [0.1, 0.15) is 11.1 Å². The lowest BCUT2D eigenvalue weighted by Crippen LogP contribution is -2.47. The first kappa shape index (κ1) is 16.2. The second-order valence-electron chi connectivity index (χ2n) is 6.95. The van der Waals surface area contributed by atoms with E-state index in [0.717, 1.165) is 12.1 Å². The Hall–Kier alpha value is -1.17. The van der Waals surface area contributed by atoms with Gasteiger partial charge in [-0.15, -0.1) is 0 Å². The molecule has 0 N–H and O–H groups in total. The van der Waals surface area contributed by atoms with Gasteiger partial charge in [0.1, 0.15) is 0 Å². The largest absolute Gasteiger partial charge is 0.455 e.